The van der Waals surface area contributed by atoms with Crippen LogP contribution in [-0.2, 0) is 0 Å². The van der Waals surface area contributed by atoms with Crippen molar-refractivity contribution in [2.45, 2.75) is 97.8 Å². The van der Waals surface area contributed by atoms with Crippen molar-refractivity contribution >= 4 is 40.2 Å². The van der Waals surface area contributed by atoms with Crippen molar-refractivity contribution in [3.63, 3.8) is 0 Å². The molecule has 5 aromatic rings. The van der Waals surface area contributed by atoms with E-state index in [1.807, 2.05) is 27.7 Å². The second kappa shape index (κ2) is 18.1. The Morgan fingerprint density at radius 2 is 0.708 bits per heavy atom. The van der Waals surface area contributed by atoms with E-state index in [1.54, 1.807) is 56.5 Å². The Morgan fingerprint density at radius 3 is 1.00 bits per heavy atom. The zero-order chi connectivity index (χ0) is 48.5. The van der Waals surface area contributed by atoms with Crippen LogP contribution in [0.5, 0.6) is 0 Å². The molecule has 0 N–H and O–H groups in total. The molecule has 2 nitrogen and oxygen atoms in total. The fourth-order valence-electron chi connectivity index (χ4n) is 9.52. The monoisotopic (exact) mass is 930 g/mol. The predicted octanol–water partition coefficient (Wildman–Crippen LogP) is 12.3. The minimum atomic E-state index is -5.99. The summed E-state index contributed by atoms with van der Waals surface area (Å²) in [5, 5.41) is 0. The molecule has 0 amide bonds. The van der Waals surface area contributed by atoms with E-state index in [4.69, 9.17) is 0 Å². The first-order chi connectivity index (χ1) is 30.4. The fourth-order valence-corrected chi connectivity index (χ4v) is 9.52. The van der Waals surface area contributed by atoms with Crippen LogP contribution in [0, 0.1) is 87.3 Å². The van der Waals surface area contributed by atoms with Gasteiger partial charge in [0.1, 0.15) is 46.3 Å². The number of nitrogens with zero attached hydrogens (tertiary/aromatic N) is 2. The maximum atomic E-state index is 17.0. The largest absolute Gasteiger partial charge is 0.265 e. The molecule has 0 fully saturated rings. The Bertz CT molecular complexity index is 2440. The van der Waals surface area contributed by atoms with E-state index in [1.165, 1.54) is 12.1 Å². The van der Waals surface area contributed by atoms with Gasteiger partial charge in [0.2, 0.25) is 6.34 Å². The Balaban J connectivity index is 2.06. The zero-order valence-corrected chi connectivity index (χ0v) is 36.2. The highest BCUT2D eigenvalue weighted by atomic mass is 19.2. The molecule has 1 unspecified atom stereocenters. The van der Waals surface area contributed by atoms with Gasteiger partial charge < -0.3 is 0 Å². The summed E-state index contributed by atoms with van der Waals surface area (Å²) in [7, 11) is 0. The van der Waals surface area contributed by atoms with Gasteiger partial charge in [-0.15, -0.1) is 16.4 Å². The zero-order valence-electron chi connectivity index (χ0n) is 36.2. The van der Waals surface area contributed by atoms with E-state index >= 15 is 65.9 Å². The molecule has 348 valence electrons. The standard InChI is InChI=1S/C47H42BF15N2/c1-19(2)23-12-9-13-24(20(3)4)46(23)64-17-11-16-27(65(18-64)47-25(21(5)6)14-10-15-26(47)22(7)8)48(28-31(49)37(55)43(61)38(56)32(28)50,29-33(51)39(57)44(62)40(58)34(29)52)30-35(53)41(59)45(63)42(60)36(30)54/h9-10,12-15,18-22,27H,11,16-17H2,1-8H3. The van der Waals surface area contributed by atoms with Crippen LogP contribution in [-0.4, -0.2) is 29.5 Å². The number of halogens is 15. The highest BCUT2D eigenvalue weighted by Crippen LogP contribution is 2.42. The minimum Gasteiger partial charge on any atom is -0.265 e. The summed E-state index contributed by atoms with van der Waals surface area (Å²) < 4.78 is 244. The van der Waals surface area contributed by atoms with Crippen LogP contribution >= 0.6 is 0 Å². The maximum absolute atomic E-state index is 17.0. The van der Waals surface area contributed by atoms with Crippen LogP contribution in [0.25, 0.3) is 0 Å². The molecule has 0 aromatic heterocycles. The van der Waals surface area contributed by atoms with E-state index in [-0.39, 0.29) is 35.2 Å². The van der Waals surface area contributed by atoms with Gasteiger partial charge in [-0.25, -0.2) is 70.4 Å². The smallest absolute Gasteiger partial charge is 0.241 e. The van der Waals surface area contributed by atoms with Gasteiger partial charge in [-0.1, -0.05) is 91.8 Å². The van der Waals surface area contributed by atoms with Crippen molar-refractivity contribution in [2.75, 3.05) is 11.4 Å². The van der Waals surface area contributed by atoms with Crippen molar-refractivity contribution in [1.29, 1.82) is 0 Å². The summed E-state index contributed by atoms with van der Waals surface area (Å²) in [4.78, 5) is 0.924. The first-order valence-corrected chi connectivity index (χ1v) is 20.7. The average molecular weight is 931 g/mol. The van der Waals surface area contributed by atoms with Crippen LogP contribution in [0.4, 0.5) is 77.2 Å². The van der Waals surface area contributed by atoms with Crippen molar-refractivity contribution in [3.8, 4) is 0 Å². The molecule has 5 aromatic carbocycles. The molecule has 1 heterocycles. The highest BCUT2D eigenvalue weighted by molar-refractivity contribution is 7.13. The molecule has 1 atom stereocenters. The van der Waals surface area contributed by atoms with Gasteiger partial charge in [-0.3, -0.25) is 4.90 Å². The SMILES string of the molecule is CC(C)c1cccc(C(C)C)c1N1C=[N+](c2c(C(C)C)cccc2C(C)C)CCCC1[B-](c1c(F)c(F)c(F)c(F)c1F)(c1c(F)c(F)c(F)c(F)c1F)c1c(F)c(F)c(F)c(F)c1F. The first kappa shape index (κ1) is 49.0. The van der Waals surface area contributed by atoms with Gasteiger partial charge in [0.15, 0.2) is 58.5 Å². The second-order valence-corrected chi connectivity index (χ2v) is 17.5. The van der Waals surface area contributed by atoms with E-state index in [9.17, 15) is 0 Å². The molecule has 0 saturated carbocycles. The molecule has 1 aliphatic heterocycles. The van der Waals surface area contributed by atoms with Crippen molar-refractivity contribution in [1.82, 2.24) is 0 Å². The molecular formula is C47H42BF15N2. The lowest BCUT2D eigenvalue weighted by Crippen LogP contribution is -2.82. The van der Waals surface area contributed by atoms with Crippen molar-refractivity contribution in [2.24, 2.45) is 0 Å². The lowest BCUT2D eigenvalue weighted by Gasteiger charge is -2.50. The summed E-state index contributed by atoms with van der Waals surface area (Å²) in [5.74, 6) is -49.7. The number of anilines is 1. The molecule has 0 radical (unpaired) electrons. The molecule has 0 bridgehead atoms. The summed E-state index contributed by atoms with van der Waals surface area (Å²) >= 11 is 0. The third-order valence-electron chi connectivity index (χ3n) is 12.4. The summed E-state index contributed by atoms with van der Waals surface area (Å²) in [6.45, 7) is 13.6. The lowest BCUT2D eigenvalue weighted by atomic mass is 9.11. The van der Waals surface area contributed by atoms with E-state index in [0.717, 1.165) is 11.2 Å². The van der Waals surface area contributed by atoms with Gasteiger partial charge in [0, 0.05) is 22.3 Å². The molecule has 0 saturated heterocycles. The molecule has 6 rings (SSSR count). The summed E-state index contributed by atoms with van der Waals surface area (Å²) in [5.41, 5.74) is -5.71. The Hall–Kier alpha value is -5.42. The molecule has 0 aliphatic carbocycles. The molecule has 0 spiro atoms. The van der Waals surface area contributed by atoms with Gasteiger partial charge in [-0.2, -0.15) is 0 Å². The van der Waals surface area contributed by atoms with E-state index in [0.29, 0.717) is 16.8 Å². The number of hydrogen-bond acceptors (Lipinski definition) is 1. The number of para-hydroxylation sites is 2. The third kappa shape index (κ3) is 7.65. The van der Waals surface area contributed by atoms with Gasteiger partial charge in [-0.05, 0) is 42.5 Å². The van der Waals surface area contributed by atoms with Gasteiger partial charge >= 0.3 is 0 Å². The molecular weight excluding hydrogens is 888 g/mol. The van der Waals surface area contributed by atoms with Gasteiger partial charge in [0.05, 0.1) is 6.54 Å². The predicted molar refractivity (Wildman–Crippen MR) is 219 cm³/mol. The quantitative estimate of drug-likeness (QED) is 0.0445. The fraction of sp³-hybridized carbons (Fsp3) is 0.340. The summed E-state index contributed by atoms with van der Waals surface area (Å²) in [6, 6.07) is 9.80. The Labute approximate surface area is 365 Å². The Morgan fingerprint density at radius 1 is 0.431 bits per heavy atom. The topological polar surface area (TPSA) is 6.25 Å². The van der Waals surface area contributed by atoms with Crippen LogP contribution in [0.15, 0.2) is 36.4 Å². The maximum Gasteiger partial charge on any atom is 0.241 e. The third-order valence-corrected chi connectivity index (χ3v) is 12.4. The average Bonchev–Trinajstić information content (AvgIpc) is 3.50. The van der Waals surface area contributed by atoms with Crippen LogP contribution in [0.3, 0.4) is 0 Å². The molecule has 65 heavy (non-hydrogen) atoms. The first-order valence-electron chi connectivity index (χ1n) is 20.7. The minimum absolute atomic E-state index is 0.106. The number of hydrogen-bond donors (Lipinski definition) is 0. The van der Waals surface area contributed by atoms with Crippen LogP contribution < -0.4 is 21.3 Å². The second-order valence-electron chi connectivity index (χ2n) is 17.5. The number of benzene rings is 5. The van der Waals surface area contributed by atoms with Crippen molar-refractivity contribution < 1.29 is 70.4 Å². The normalized spacial score (nSPS) is 15.0. The Kier molecular flexibility index (Phi) is 13.7. The van der Waals surface area contributed by atoms with Crippen LogP contribution in [0.2, 0.25) is 0 Å². The number of rotatable bonds is 10. The highest BCUT2D eigenvalue weighted by Gasteiger charge is 2.56. The van der Waals surface area contributed by atoms with E-state index < -0.39 is 140 Å². The summed E-state index contributed by atoms with van der Waals surface area (Å²) in [6.07, 6.45) is -6.26. The van der Waals surface area contributed by atoms with E-state index in [2.05, 4.69) is 0 Å². The lowest BCUT2D eigenvalue weighted by molar-refractivity contribution is -0.437. The van der Waals surface area contributed by atoms with Crippen molar-refractivity contribution in [3.05, 3.63) is 146 Å². The van der Waals surface area contributed by atoms with Crippen LogP contribution in [0.1, 0.15) is 114 Å². The van der Waals surface area contributed by atoms with Gasteiger partial charge in [0.25, 0.3) is 0 Å². The molecule has 18 heteroatoms. The molecule has 1 aliphatic rings.